The maximum atomic E-state index is 12.5. The molecule has 0 amide bonds. The highest BCUT2D eigenvalue weighted by Gasteiger charge is 2.43. The van der Waals surface area contributed by atoms with Gasteiger partial charge in [-0.05, 0) is 26.7 Å². The summed E-state index contributed by atoms with van der Waals surface area (Å²) >= 11 is 0. The predicted molar refractivity (Wildman–Crippen MR) is 62.8 cm³/mol. The van der Waals surface area contributed by atoms with E-state index in [4.69, 9.17) is 4.74 Å². The van der Waals surface area contributed by atoms with E-state index in [-0.39, 0.29) is 10.8 Å². The van der Waals surface area contributed by atoms with Gasteiger partial charge in [-0.2, -0.15) is 4.31 Å². The second-order valence-electron chi connectivity index (χ2n) is 5.39. The Labute approximate surface area is 98.0 Å². The first kappa shape index (κ1) is 12.3. The van der Waals surface area contributed by atoms with Crippen LogP contribution in [0.5, 0.6) is 0 Å². The summed E-state index contributed by atoms with van der Waals surface area (Å²) in [6.07, 6.45) is 3.76. The molecule has 0 aromatic heterocycles. The Morgan fingerprint density at radius 2 is 1.88 bits per heavy atom. The van der Waals surface area contributed by atoms with Gasteiger partial charge in [-0.1, -0.05) is 12.8 Å². The fraction of sp³-hybridized carbons (Fsp3) is 1.00. The molecular formula is C11H21NO3S. The Kier molecular flexibility index (Phi) is 3.29. The summed E-state index contributed by atoms with van der Waals surface area (Å²) in [5.74, 6) is 0. The molecule has 0 bridgehead atoms. The molecule has 1 aliphatic carbocycles. The smallest absolute Gasteiger partial charge is 0.217 e. The highest BCUT2D eigenvalue weighted by atomic mass is 32.2. The number of hydrogen-bond acceptors (Lipinski definition) is 3. The van der Waals surface area contributed by atoms with Crippen LogP contribution < -0.4 is 0 Å². The van der Waals surface area contributed by atoms with E-state index in [0.29, 0.717) is 19.8 Å². The van der Waals surface area contributed by atoms with Crippen molar-refractivity contribution in [3.05, 3.63) is 0 Å². The van der Waals surface area contributed by atoms with Gasteiger partial charge in [0.15, 0.2) is 0 Å². The van der Waals surface area contributed by atoms with Gasteiger partial charge >= 0.3 is 0 Å². The minimum atomic E-state index is -3.12. The van der Waals surface area contributed by atoms with Gasteiger partial charge in [-0.25, -0.2) is 8.42 Å². The monoisotopic (exact) mass is 247 g/mol. The zero-order valence-corrected chi connectivity index (χ0v) is 10.9. The Morgan fingerprint density at radius 1 is 1.25 bits per heavy atom. The first-order valence-corrected chi connectivity index (χ1v) is 7.54. The maximum absolute atomic E-state index is 12.5. The quantitative estimate of drug-likeness (QED) is 0.740. The van der Waals surface area contributed by atoms with Crippen LogP contribution in [0.4, 0.5) is 0 Å². The van der Waals surface area contributed by atoms with E-state index in [9.17, 15) is 8.42 Å². The molecule has 0 spiro atoms. The highest BCUT2D eigenvalue weighted by molar-refractivity contribution is 7.89. The molecule has 0 aromatic carbocycles. The molecule has 1 aliphatic heterocycles. The number of sulfonamides is 1. The van der Waals surface area contributed by atoms with Crippen LogP contribution in [0.2, 0.25) is 0 Å². The van der Waals surface area contributed by atoms with E-state index >= 15 is 0 Å². The van der Waals surface area contributed by atoms with Crippen molar-refractivity contribution in [2.75, 3.05) is 19.8 Å². The molecule has 0 aromatic rings. The van der Waals surface area contributed by atoms with Gasteiger partial charge in [0.05, 0.1) is 24.0 Å². The minimum Gasteiger partial charge on any atom is -0.378 e. The lowest BCUT2D eigenvalue weighted by Crippen LogP contribution is -2.57. The fourth-order valence-electron chi connectivity index (χ4n) is 2.68. The minimum absolute atomic E-state index is 0.148. The molecule has 0 N–H and O–H groups in total. The van der Waals surface area contributed by atoms with Gasteiger partial charge in [0.2, 0.25) is 10.0 Å². The third kappa shape index (κ3) is 2.13. The molecule has 2 aliphatic rings. The van der Waals surface area contributed by atoms with Crippen LogP contribution in [-0.2, 0) is 14.8 Å². The second kappa shape index (κ2) is 4.27. The largest absolute Gasteiger partial charge is 0.378 e. The van der Waals surface area contributed by atoms with E-state index < -0.39 is 10.0 Å². The van der Waals surface area contributed by atoms with Crippen LogP contribution in [0.25, 0.3) is 0 Å². The molecule has 1 heterocycles. The third-order valence-electron chi connectivity index (χ3n) is 3.60. The summed E-state index contributed by atoms with van der Waals surface area (Å²) in [6, 6.07) is 0. The number of rotatable bonds is 2. The van der Waals surface area contributed by atoms with Crippen LogP contribution >= 0.6 is 0 Å². The van der Waals surface area contributed by atoms with Crippen molar-refractivity contribution >= 4 is 10.0 Å². The summed E-state index contributed by atoms with van der Waals surface area (Å²) in [5, 5.41) is -0.148. The number of hydrogen-bond donors (Lipinski definition) is 0. The molecule has 0 atom stereocenters. The number of ether oxygens (including phenoxy) is 1. The Hall–Kier alpha value is -0.130. The van der Waals surface area contributed by atoms with Crippen molar-refractivity contribution in [1.29, 1.82) is 0 Å². The summed E-state index contributed by atoms with van der Waals surface area (Å²) < 4.78 is 32.0. The molecule has 2 fully saturated rings. The van der Waals surface area contributed by atoms with Gasteiger partial charge in [-0.3, -0.25) is 0 Å². The predicted octanol–water partition coefficient (Wildman–Crippen LogP) is 1.37. The van der Waals surface area contributed by atoms with Crippen molar-refractivity contribution in [2.45, 2.75) is 50.3 Å². The summed E-state index contributed by atoms with van der Waals surface area (Å²) in [5.41, 5.74) is -0.389. The third-order valence-corrected chi connectivity index (χ3v) is 6.20. The van der Waals surface area contributed by atoms with Crippen molar-refractivity contribution in [3.63, 3.8) is 0 Å². The fourth-order valence-corrected chi connectivity index (χ4v) is 5.04. The molecule has 94 valence electrons. The average molecular weight is 247 g/mol. The van der Waals surface area contributed by atoms with E-state index in [0.717, 1.165) is 25.7 Å². The van der Waals surface area contributed by atoms with Crippen LogP contribution in [0.15, 0.2) is 0 Å². The standard InChI is InChI=1S/C11H21NO3S/c1-11(2)9-15-8-7-12(11)16(13,14)10-5-3-4-6-10/h10H,3-9H2,1-2H3. The van der Waals surface area contributed by atoms with Crippen molar-refractivity contribution < 1.29 is 13.2 Å². The van der Waals surface area contributed by atoms with Crippen molar-refractivity contribution in [1.82, 2.24) is 4.31 Å². The maximum Gasteiger partial charge on any atom is 0.217 e. The van der Waals surface area contributed by atoms with Crippen LogP contribution in [-0.4, -0.2) is 43.3 Å². The first-order valence-electron chi connectivity index (χ1n) is 6.04. The van der Waals surface area contributed by atoms with Gasteiger partial charge in [-0.15, -0.1) is 0 Å². The molecule has 16 heavy (non-hydrogen) atoms. The average Bonchev–Trinajstić information content (AvgIpc) is 2.69. The van der Waals surface area contributed by atoms with E-state index in [1.54, 1.807) is 4.31 Å². The Bertz CT molecular complexity index is 344. The zero-order chi connectivity index (χ0) is 11.8. The molecule has 1 saturated carbocycles. The number of morpholine rings is 1. The van der Waals surface area contributed by atoms with Gasteiger partial charge in [0, 0.05) is 6.54 Å². The molecule has 5 heteroatoms. The molecular weight excluding hydrogens is 226 g/mol. The lowest BCUT2D eigenvalue weighted by Gasteiger charge is -2.42. The number of nitrogens with zero attached hydrogens (tertiary/aromatic N) is 1. The first-order chi connectivity index (χ1) is 7.44. The molecule has 0 unspecified atom stereocenters. The van der Waals surface area contributed by atoms with Crippen molar-refractivity contribution in [2.24, 2.45) is 0 Å². The van der Waals surface area contributed by atoms with Gasteiger partial charge < -0.3 is 4.74 Å². The summed E-state index contributed by atoms with van der Waals surface area (Å²) in [6.45, 7) is 5.41. The van der Waals surface area contributed by atoms with Crippen LogP contribution in [0.3, 0.4) is 0 Å². The molecule has 2 rings (SSSR count). The Balaban J connectivity index is 2.21. The SMILES string of the molecule is CC1(C)COCCN1S(=O)(=O)C1CCCC1. The zero-order valence-electron chi connectivity index (χ0n) is 10.1. The summed E-state index contributed by atoms with van der Waals surface area (Å²) in [7, 11) is -3.12. The lowest BCUT2D eigenvalue weighted by molar-refractivity contribution is -0.00815. The second-order valence-corrected chi connectivity index (χ2v) is 7.53. The van der Waals surface area contributed by atoms with Gasteiger partial charge in [0.25, 0.3) is 0 Å². The Morgan fingerprint density at radius 3 is 2.44 bits per heavy atom. The topological polar surface area (TPSA) is 46.6 Å². The summed E-state index contributed by atoms with van der Waals surface area (Å²) in [4.78, 5) is 0. The molecule has 4 nitrogen and oxygen atoms in total. The molecule has 0 radical (unpaired) electrons. The molecule has 1 saturated heterocycles. The van der Waals surface area contributed by atoms with Gasteiger partial charge in [0.1, 0.15) is 0 Å². The normalized spacial score (nSPS) is 28.4. The highest BCUT2D eigenvalue weighted by Crippen LogP contribution is 2.32. The lowest BCUT2D eigenvalue weighted by atomic mass is 10.1. The van der Waals surface area contributed by atoms with E-state index in [1.165, 1.54) is 0 Å². The van der Waals surface area contributed by atoms with E-state index in [1.807, 2.05) is 13.8 Å². The van der Waals surface area contributed by atoms with Crippen LogP contribution in [0.1, 0.15) is 39.5 Å². The van der Waals surface area contributed by atoms with E-state index in [2.05, 4.69) is 0 Å². The van der Waals surface area contributed by atoms with Crippen LogP contribution in [0, 0.1) is 0 Å². The van der Waals surface area contributed by atoms with Crippen molar-refractivity contribution in [3.8, 4) is 0 Å².